The lowest BCUT2D eigenvalue weighted by Gasteiger charge is -2.04. The molecule has 0 bridgehead atoms. The Morgan fingerprint density at radius 3 is 1.42 bits per heavy atom. The number of amides is 2. The van der Waals surface area contributed by atoms with Crippen LogP contribution in [0.5, 0.6) is 0 Å². The highest BCUT2D eigenvalue weighted by Gasteiger charge is 2.11. The number of aromatic nitrogens is 4. The zero-order valence-corrected chi connectivity index (χ0v) is 22.7. The monoisotopic (exact) mass is 552 g/mol. The highest BCUT2D eigenvalue weighted by molar-refractivity contribution is 7.15. The van der Waals surface area contributed by atoms with Crippen LogP contribution in [0.4, 0.5) is 10.3 Å². The van der Waals surface area contributed by atoms with Crippen LogP contribution < -0.4 is 10.6 Å². The number of carbonyl (C=O) groups excluding carboxylic acids is 2. The van der Waals surface area contributed by atoms with Crippen molar-refractivity contribution in [1.29, 1.82) is 0 Å². The van der Waals surface area contributed by atoms with Gasteiger partial charge in [0.2, 0.25) is 10.3 Å². The molecular weight excluding hydrogens is 524 g/mol. The Morgan fingerprint density at radius 2 is 1.03 bits per heavy atom. The fourth-order valence-electron chi connectivity index (χ4n) is 3.20. The van der Waals surface area contributed by atoms with Crippen molar-refractivity contribution in [1.82, 2.24) is 20.4 Å². The van der Waals surface area contributed by atoms with Gasteiger partial charge in [0.05, 0.1) is 26.4 Å². The van der Waals surface area contributed by atoms with E-state index in [4.69, 9.17) is 9.47 Å². The van der Waals surface area contributed by atoms with Gasteiger partial charge in [0, 0.05) is 24.0 Å². The molecule has 2 heterocycles. The number of benzene rings is 2. The number of nitrogens with zero attached hydrogens (tertiary/aromatic N) is 4. The second-order valence-corrected chi connectivity index (χ2v) is 10.5. The van der Waals surface area contributed by atoms with E-state index in [2.05, 4.69) is 31.0 Å². The largest absolute Gasteiger partial charge is 0.379 e. The van der Waals surface area contributed by atoms with Gasteiger partial charge < -0.3 is 9.47 Å². The van der Waals surface area contributed by atoms with Crippen molar-refractivity contribution >= 4 is 44.8 Å². The van der Waals surface area contributed by atoms with E-state index in [0.29, 0.717) is 60.7 Å². The van der Waals surface area contributed by atoms with Gasteiger partial charge in [0.15, 0.2) is 0 Å². The Morgan fingerprint density at radius 1 is 0.632 bits per heavy atom. The topological polar surface area (TPSA) is 128 Å². The summed E-state index contributed by atoms with van der Waals surface area (Å²) in [5.41, 5.74) is 3.34. The summed E-state index contributed by atoms with van der Waals surface area (Å²) in [5.74, 6) is -0.421. The number of rotatable bonds is 13. The van der Waals surface area contributed by atoms with E-state index < -0.39 is 0 Å². The molecule has 4 aromatic rings. The molecule has 2 aromatic carbocycles. The highest BCUT2D eigenvalue weighted by Crippen LogP contribution is 2.18. The summed E-state index contributed by atoms with van der Waals surface area (Å²) in [4.78, 5) is 24.6. The predicted molar refractivity (Wildman–Crippen MR) is 147 cm³/mol. The molecule has 0 atom stereocenters. The fourth-order valence-corrected chi connectivity index (χ4v) is 4.63. The summed E-state index contributed by atoms with van der Waals surface area (Å²) >= 11 is 2.66. The zero-order valence-electron chi connectivity index (χ0n) is 21.1. The molecule has 38 heavy (non-hydrogen) atoms. The highest BCUT2D eigenvalue weighted by atomic mass is 32.1. The number of anilines is 2. The van der Waals surface area contributed by atoms with Crippen LogP contribution >= 0.6 is 22.7 Å². The molecule has 0 saturated carbocycles. The summed E-state index contributed by atoms with van der Waals surface area (Å²) in [5, 5.41) is 24.3. The van der Waals surface area contributed by atoms with Crippen LogP contribution in [0.25, 0.3) is 0 Å². The van der Waals surface area contributed by atoms with Gasteiger partial charge in [-0.2, -0.15) is 0 Å². The van der Waals surface area contributed by atoms with Gasteiger partial charge in [-0.25, -0.2) is 0 Å². The quantitative estimate of drug-likeness (QED) is 0.235. The number of ether oxygens (including phenoxy) is 2. The number of hydrogen-bond acceptors (Lipinski definition) is 10. The lowest BCUT2D eigenvalue weighted by molar-refractivity contribution is 0.0500. The zero-order chi connectivity index (χ0) is 26.7. The van der Waals surface area contributed by atoms with E-state index in [9.17, 15) is 9.59 Å². The third kappa shape index (κ3) is 8.48. The average Bonchev–Trinajstić information content (AvgIpc) is 3.55. The fraction of sp³-hybridized carbons (Fsp3) is 0.308. The van der Waals surface area contributed by atoms with Crippen LogP contribution in [0.15, 0.2) is 48.5 Å². The van der Waals surface area contributed by atoms with Gasteiger partial charge in [-0.15, -0.1) is 20.4 Å². The Bertz CT molecular complexity index is 1230. The van der Waals surface area contributed by atoms with E-state index in [1.807, 2.05) is 38.1 Å². The third-order valence-corrected chi connectivity index (χ3v) is 7.09. The van der Waals surface area contributed by atoms with Gasteiger partial charge in [0.25, 0.3) is 11.8 Å². The van der Waals surface area contributed by atoms with Crippen molar-refractivity contribution in [3.05, 3.63) is 80.8 Å². The molecule has 0 aliphatic carbocycles. The van der Waals surface area contributed by atoms with Crippen LogP contribution in [-0.4, -0.2) is 58.6 Å². The minimum atomic E-state index is -0.210. The lowest BCUT2D eigenvalue weighted by atomic mass is 10.1. The van der Waals surface area contributed by atoms with Crippen molar-refractivity contribution in [3.63, 3.8) is 0 Å². The maximum absolute atomic E-state index is 12.3. The van der Waals surface area contributed by atoms with Crippen LogP contribution in [0.2, 0.25) is 0 Å². The molecular formula is C26H28N6O4S2. The molecule has 2 N–H and O–H groups in total. The smallest absolute Gasteiger partial charge is 0.257 e. The molecule has 2 aromatic heterocycles. The van der Waals surface area contributed by atoms with Crippen molar-refractivity contribution in [2.24, 2.45) is 0 Å². The molecule has 0 aliphatic rings. The summed E-state index contributed by atoms with van der Waals surface area (Å²) < 4.78 is 11.2. The summed E-state index contributed by atoms with van der Waals surface area (Å²) in [6.45, 7) is 5.79. The number of nitrogens with one attached hydrogen (secondary N) is 2. The Kier molecular flexibility index (Phi) is 9.98. The van der Waals surface area contributed by atoms with E-state index in [1.54, 1.807) is 24.3 Å². The molecule has 0 saturated heterocycles. The molecule has 0 spiro atoms. The van der Waals surface area contributed by atoms with Crippen molar-refractivity contribution in [2.75, 3.05) is 37.1 Å². The van der Waals surface area contributed by atoms with Crippen LogP contribution in [0, 0.1) is 13.8 Å². The van der Waals surface area contributed by atoms with E-state index in [-0.39, 0.29) is 11.8 Å². The molecule has 0 aliphatic heterocycles. The molecule has 2 amide bonds. The van der Waals surface area contributed by atoms with Crippen molar-refractivity contribution in [3.8, 4) is 0 Å². The van der Waals surface area contributed by atoms with Crippen molar-refractivity contribution in [2.45, 2.75) is 26.7 Å². The maximum atomic E-state index is 12.3. The standard InChI is InChI=1S/C26H28N6O4S2/c1-17-3-7-19(8-4-17)23(33)27-25-31-29-21(37-25)11-13-35-15-16-36-14-12-22-30-32-26(38-22)28-24(34)20-9-5-18(2)6-10-20/h3-10H,11-16H2,1-2H3,(H,27,31,33)(H,28,32,34). The van der Waals surface area contributed by atoms with Gasteiger partial charge in [-0.05, 0) is 38.1 Å². The summed E-state index contributed by atoms with van der Waals surface area (Å²) in [6.07, 6.45) is 1.19. The van der Waals surface area contributed by atoms with Crippen molar-refractivity contribution < 1.29 is 19.1 Å². The predicted octanol–water partition coefficient (Wildman–Crippen LogP) is 4.33. The normalized spacial score (nSPS) is 10.9. The molecule has 0 radical (unpaired) electrons. The van der Waals surface area contributed by atoms with Crippen LogP contribution in [-0.2, 0) is 22.3 Å². The number of aryl methyl sites for hydroxylation is 2. The molecule has 0 unspecified atom stereocenters. The van der Waals surface area contributed by atoms with Gasteiger partial charge >= 0.3 is 0 Å². The second kappa shape index (κ2) is 13.8. The Balaban J connectivity index is 1.06. The molecule has 0 fully saturated rings. The summed E-state index contributed by atoms with van der Waals surface area (Å²) in [7, 11) is 0. The van der Waals surface area contributed by atoms with Gasteiger partial charge in [-0.1, -0.05) is 58.1 Å². The average molecular weight is 553 g/mol. The molecule has 12 heteroatoms. The SMILES string of the molecule is Cc1ccc(C(=O)Nc2nnc(CCOCCOCCc3nnc(NC(=O)c4ccc(C)cc4)s3)s2)cc1. The van der Waals surface area contributed by atoms with Gasteiger partial charge in [-0.3, -0.25) is 20.2 Å². The first-order chi connectivity index (χ1) is 18.5. The number of hydrogen-bond donors (Lipinski definition) is 2. The van der Waals surface area contributed by atoms with Crippen LogP contribution in [0.1, 0.15) is 41.9 Å². The van der Waals surface area contributed by atoms with Gasteiger partial charge in [0.1, 0.15) is 10.0 Å². The number of carbonyl (C=O) groups is 2. The molecule has 198 valence electrons. The molecule has 10 nitrogen and oxygen atoms in total. The van der Waals surface area contributed by atoms with Crippen LogP contribution in [0.3, 0.4) is 0 Å². The van der Waals surface area contributed by atoms with E-state index in [1.165, 1.54) is 22.7 Å². The minimum absolute atomic E-state index is 0.210. The molecule has 4 rings (SSSR count). The second-order valence-electron chi connectivity index (χ2n) is 8.37. The lowest BCUT2D eigenvalue weighted by Crippen LogP contribution is -2.11. The van der Waals surface area contributed by atoms with E-state index >= 15 is 0 Å². The van der Waals surface area contributed by atoms with E-state index in [0.717, 1.165) is 21.1 Å². The first-order valence-electron chi connectivity index (χ1n) is 12.0. The Labute approximate surface area is 228 Å². The third-order valence-electron chi connectivity index (χ3n) is 5.29. The minimum Gasteiger partial charge on any atom is -0.379 e. The maximum Gasteiger partial charge on any atom is 0.257 e. The first-order valence-corrected chi connectivity index (χ1v) is 13.7. The summed E-state index contributed by atoms with van der Waals surface area (Å²) in [6, 6.07) is 14.7. The Hall–Kier alpha value is -3.58. The first kappa shape index (κ1) is 27.5.